The van der Waals surface area contributed by atoms with E-state index in [0.717, 1.165) is 11.1 Å². The van der Waals surface area contributed by atoms with Crippen molar-refractivity contribution >= 4 is 0 Å². The van der Waals surface area contributed by atoms with E-state index in [1.807, 2.05) is 24.3 Å². The van der Waals surface area contributed by atoms with Crippen molar-refractivity contribution in [3.63, 3.8) is 0 Å². The third-order valence-corrected chi connectivity index (χ3v) is 4.23. The van der Waals surface area contributed by atoms with Gasteiger partial charge < -0.3 is 14.8 Å². The predicted molar refractivity (Wildman–Crippen MR) is 102 cm³/mol. The topological polar surface area (TPSA) is 58.3 Å². The zero-order valence-corrected chi connectivity index (χ0v) is 14.9. The van der Waals surface area contributed by atoms with Gasteiger partial charge in [-0.3, -0.25) is 0 Å². The summed E-state index contributed by atoms with van der Waals surface area (Å²) < 4.78 is 1.71. The van der Waals surface area contributed by atoms with Crippen molar-refractivity contribution in [3.05, 3.63) is 77.9 Å². The lowest BCUT2D eigenvalue weighted by atomic mass is 10.0. The van der Waals surface area contributed by atoms with Crippen LogP contribution in [0.5, 0.6) is 0 Å². The molecule has 4 heteroatoms. The van der Waals surface area contributed by atoms with Crippen LogP contribution in [-0.4, -0.2) is 26.4 Å². The average molecular weight is 346 g/mol. The fourth-order valence-corrected chi connectivity index (χ4v) is 2.77. The van der Waals surface area contributed by atoms with Gasteiger partial charge in [-0.2, -0.15) is 0 Å². The number of aliphatic hydroxyl groups is 2. The van der Waals surface area contributed by atoms with E-state index in [4.69, 9.17) is 0 Å². The molecule has 0 saturated heterocycles. The summed E-state index contributed by atoms with van der Waals surface area (Å²) in [6.45, 7) is 3.57. The molecule has 2 atom stereocenters. The van der Waals surface area contributed by atoms with Gasteiger partial charge in [-0.1, -0.05) is 53.8 Å². The molecule has 0 amide bonds. The molecule has 3 aromatic rings. The molecule has 2 aromatic carbocycles. The first-order valence-electron chi connectivity index (χ1n) is 8.59. The summed E-state index contributed by atoms with van der Waals surface area (Å²) in [6, 6.07) is 16.0. The van der Waals surface area contributed by atoms with Crippen LogP contribution in [-0.2, 0) is 0 Å². The Labute approximate surface area is 153 Å². The van der Waals surface area contributed by atoms with Crippen molar-refractivity contribution in [2.45, 2.75) is 26.0 Å². The molecule has 1 heterocycles. The molecule has 0 bridgehead atoms. The van der Waals surface area contributed by atoms with Crippen molar-refractivity contribution in [2.75, 3.05) is 6.61 Å². The quantitative estimate of drug-likeness (QED) is 0.711. The Morgan fingerprint density at radius 2 is 1.65 bits per heavy atom. The molecule has 2 N–H and O–H groups in total. The van der Waals surface area contributed by atoms with E-state index in [9.17, 15) is 10.2 Å². The van der Waals surface area contributed by atoms with Crippen molar-refractivity contribution in [2.24, 2.45) is 0 Å². The normalized spacial score (nSPS) is 12.9. The molecule has 0 aliphatic heterocycles. The van der Waals surface area contributed by atoms with Crippen LogP contribution in [0.4, 0.5) is 0 Å². The Balaban J connectivity index is 1.80. The second-order valence-corrected chi connectivity index (χ2v) is 6.28. The molecule has 0 radical (unpaired) electrons. The monoisotopic (exact) mass is 346 g/mol. The Morgan fingerprint density at radius 1 is 1.04 bits per heavy atom. The Bertz CT molecular complexity index is 913. The minimum absolute atomic E-state index is 0.148. The summed E-state index contributed by atoms with van der Waals surface area (Å²) in [5.74, 6) is 6.65. The van der Waals surface area contributed by atoms with Crippen LogP contribution in [0.2, 0.25) is 0 Å². The van der Waals surface area contributed by atoms with E-state index in [1.54, 1.807) is 23.9 Å². The summed E-state index contributed by atoms with van der Waals surface area (Å²) in [7, 11) is 0. The van der Waals surface area contributed by atoms with E-state index in [1.165, 1.54) is 11.1 Å². The van der Waals surface area contributed by atoms with Gasteiger partial charge in [-0.05, 0) is 37.1 Å². The fourth-order valence-electron chi connectivity index (χ4n) is 2.77. The van der Waals surface area contributed by atoms with Gasteiger partial charge in [0, 0.05) is 18.0 Å². The molecule has 26 heavy (non-hydrogen) atoms. The van der Waals surface area contributed by atoms with Gasteiger partial charge >= 0.3 is 0 Å². The van der Waals surface area contributed by atoms with Crippen LogP contribution < -0.4 is 0 Å². The Kier molecular flexibility index (Phi) is 5.52. The predicted octanol–water partition coefficient (Wildman–Crippen LogP) is 3.50. The second-order valence-electron chi connectivity index (χ2n) is 6.28. The maximum absolute atomic E-state index is 9.77. The van der Waals surface area contributed by atoms with Crippen LogP contribution in [0.25, 0.3) is 11.1 Å². The van der Waals surface area contributed by atoms with Gasteiger partial charge in [0.2, 0.25) is 0 Å². The maximum Gasteiger partial charge on any atom is 0.138 e. The molecule has 132 valence electrons. The fraction of sp³-hybridized carbons (Fsp3) is 0.227. The summed E-state index contributed by atoms with van der Waals surface area (Å²) in [6.07, 6.45) is 2.61. The van der Waals surface area contributed by atoms with E-state index >= 15 is 0 Å². The zero-order valence-electron chi connectivity index (χ0n) is 14.9. The number of hydrogen-bond donors (Lipinski definition) is 2. The SMILES string of the molecule is Cc1ccc(-c2ccc(C#C[C@@H](CO)n3ccnc3[C@H](C)O)cc2)cc1. The largest absolute Gasteiger partial charge is 0.393 e. The number of rotatable bonds is 4. The first kappa shape index (κ1) is 17.9. The first-order chi connectivity index (χ1) is 12.6. The molecule has 0 spiro atoms. The van der Waals surface area contributed by atoms with E-state index < -0.39 is 12.1 Å². The summed E-state index contributed by atoms with van der Waals surface area (Å²) in [4.78, 5) is 4.12. The maximum atomic E-state index is 9.77. The van der Waals surface area contributed by atoms with Crippen molar-refractivity contribution in [1.82, 2.24) is 9.55 Å². The number of aromatic nitrogens is 2. The average Bonchev–Trinajstić information content (AvgIpc) is 3.13. The lowest BCUT2D eigenvalue weighted by Crippen LogP contribution is -2.15. The molecule has 0 fully saturated rings. The molecule has 0 aliphatic carbocycles. The highest BCUT2D eigenvalue weighted by Crippen LogP contribution is 2.20. The summed E-state index contributed by atoms with van der Waals surface area (Å²) in [5, 5.41) is 19.4. The zero-order chi connectivity index (χ0) is 18.5. The number of hydrogen-bond acceptors (Lipinski definition) is 3. The van der Waals surface area contributed by atoms with Gasteiger partial charge in [-0.15, -0.1) is 0 Å². The van der Waals surface area contributed by atoms with Crippen molar-refractivity contribution < 1.29 is 10.2 Å². The molecule has 0 saturated carbocycles. The third-order valence-electron chi connectivity index (χ3n) is 4.23. The van der Waals surface area contributed by atoms with Crippen LogP contribution in [0.15, 0.2) is 60.9 Å². The number of nitrogens with zero attached hydrogens (tertiary/aromatic N) is 2. The lowest BCUT2D eigenvalue weighted by molar-refractivity contribution is 0.176. The lowest BCUT2D eigenvalue weighted by Gasteiger charge is -2.14. The van der Waals surface area contributed by atoms with E-state index in [-0.39, 0.29) is 6.61 Å². The van der Waals surface area contributed by atoms with Crippen LogP contribution in [0, 0.1) is 18.8 Å². The number of aryl methyl sites for hydroxylation is 1. The highest BCUT2D eigenvalue weighted by atomic mass is 16.3. The Morgan fingerprint density at radius 3 is 2.23 bits per heavy atom. The molecular weight excluding hydrogens is 324 g/mol. The molecular formula is C22H22N2O2. The molecule has 4 nitrogen and oxygen atoms in total. The van der Waals surface area contributed by atoms with Gasteiger partial charge in [0.05, 0.1) is 6.61 Å². The number of benzene rings is 2. The van der Waals surface area contributed by atoms with Crippen LogP contribution in [0.1, 0.15) is 36.0 Å². The second kappa shape index (κ2) is 8.01. The summed E-state index contributed by atoms with van der Waals surface area (Å²) >= 11 is 0. The molecule has 1 aromatic heterocycles. The van der Waals surface area contributed by atoms with Gasteiger partial charge in [0.25, 0.3) is 0 Å². The molecule has 0 aliphatic rings. The molecule has 3 rings (SSSR count). The Hall–Kier alpha value is -2.87. The minimum Gasteiger partial charge on any atom is -0.393 e. The standard InChI is InChI=1S/C22H22N2O2/c1-16-3-8-19(9-4-16)20-10-5-18(6-11-20)7-12-21(15-25)24-14-13-23-22(24)17(2)26/h3-6,8-11,13-14,17,21,25-26H,15H2,1-2H3/t17-,21-/m0/s1. The molecule has 0 unspecified atom stereocenters. The van der Waals surface area contributed by atoms with Gasteiger partial charge in [0.15, 0.2) is 0 Å². The third kappa shape index (κ3) is 4.02. The highest BCUT2D eigenvalue weighted by molar-refractivity contribution is 5.64. The van der Waals surface area contributed by atoms with Gasteiger partial charge in [-0.25, -0.2) is 4.98 Å². The summed E-state index contributed by atoms with van der Waals surface area (Å²) in [5.41, 5.74) is 4.42. The van der Waals surface area contributed by atoms with Gasteiger partial charge in [0.1, 0.15) is 18.0 Å². The van der Waals surface area contributed by atoms with Crippen molar-refractivity contribution in [1.29, 1.82) is 0 Å². The number of imidazole rings is 1. The number of aliphatic hydroxyl groups excluding tert-OH is 2. The first-order valence-corrected chi connectivity index (χ1v) is 8.59. The van der Waals surface area contributed by atoms with E-state index in [2.05, 4.69) is 48.0 Å². The van der Waals surface area contributed by atoms with Crippen LogP contribution >= 0.6 is 0 Å². The van der Waals surface area contributed by atoms with E-state index in [0.29, 0.717) is 5.82 Å². The van der Waals surface area contributed by atoms with Crippen molar-refractivity contribution in [3.8, 4) is 23.0 Å². The van der Waals surface area contributed by atoms with Crippen LogP contribution in [0.3, 0.4) is 0 Å². The highest BCUT2D eigenvalue weighted by Gasteiger charge is 2.14. The minimum atomic E-state index is -0.713. The smallest absolute Gasteiger partial charge is 0.138 e.